The smallest absolute Gasteiger partial charge is 0.245 e. The maximum atomic E-state index is 12.7. The first kappa shape index (κ1) is 13.9. The normalized spacial score (nSPS) is 34.0. The van der Waals surface area contributed by atoms with Crippen LogP contribution in [0.25, 0.3) is 0 Å². The standard InChI is InChI=1S/C16H26N2O2/c1-16(2)8-12(16)9-18-10-13(19)17-14(15(18)20)11-6-4-3-5-7-11/h11-12,14H,3-10H2,1-2H3,(H,17,19). The Kier molecular flexibility index (Phi) is 3.51. The summed E-state index contributed by atoms with van der Waals surface area (Å²) in [5.74, 6) is 1.12. The minimum Gasteiger partial charge on any atom is -0.342 e. The number of rotatable bonds is 3. The van der Waals surface area contributed by atoms with Gasteiger partial charge in [-0.1, -0.05) is 33.1 Å². The van der Waals surface area contributed by atoms with E-state index in [0.717, 1.165) is 19.4 Å². The molecule has 20 heavy (non-hydrogen) atoms. The molecule has 1 N–H and O–H groups in total. The fourth-order valence-corrected chi connectivity index (χ4v) is 3.82. The fraction of sp³-hybridized carbons (Fsp3) is 0.875. The Morgan fingerprint density at radius 2 is 1.85 bits per heavy atom. The van der Waals surface area contributed by atoms with Crippen LogP contribution in [0.15, 0.2) is 0 Å². The third kappa shape index (κ3) is 2.70. The van der Waals surface area contributed by atoms with Crippen molar-refractivity contribution in [2.24, 2.45) is 17.3 Å². The van der Waals surface area contributed by atoms with Crippen molar-refractivity contribution in [1.29, 1.82) is 0 Å². The molecule has 3 fully saturated rings. The number of nitrogens with zero attached hydrogens (tertiary/aromatic N) is 1. The first-order chi connectivity index (χ1) is 9.47. The van der Waals surface area contributed by atoms with E-state index < -0.39 is 0 Å². The van der Waals surface area contributed by atoms with Crippen LogP contribution in [0.3, 0.4) is 0 Å². The summed E-state index contributed by atoms with van der Waals surface area (Å²) in [6, 6.07) is -0.251. The number of hydrogen-bond donors (Lipinski definition) is 1. The molecule has 2 atom stereocenters. The second kappa shape index (κ2) is 5.05. The predicted octanol–water partition coefficient (Wildman–Crippen LogP) is 1.94. The monoisotopic (exact) mass is 278 g/mol. The third-order valence-corrected chi connectivity index (χ3v) is 5.51. The summed E-state index contributed by atoms with van der Waals surface area (Å²) in [7, 11) is 0. The van der Waals surface area contributed by atoms with Gasteiger partial charge in [0, 0.05) is 6.54 Å². The first-order valence-electron chi connectivity index (χ1n) is 8.05. The summed E-state index contributed by atoms with van der Waals surface area (Å²) in [6.45, 7) is 5.51. The summed E-state index contributed by atoms with van der Waals surface area (Å²) in [5.41, 5.74) is 0.356. The van der Waals surface area contributed by atoms with E-state index in [-0.39, 0.29) is 24.4 Å². The lowest BCUT2D eigenvalue weighted by atomic mass is 9.82. The highest BCUT2D eigenvalue weighted by atomic mass is 16.2. The molecule has 1 aliphatic heterocycles. The Hall–Kier alpha value is -1.06. The maximum absolute atomic E-state index is 12.7. The molecule has 112 valence electrons. The number of piperazine rings is 1. The zero-order valence-corrected chi connectivity index (χ0v) is 12.7. The van der Waals surface area contributed by atoms with Crippen molar-refractivity contribution in [3.63, 3.8) is 0 Å². The van der Waals surface area contributed by atoms with Gasteiger partial charge < -0.3 is 10.2 Å². The summed E-state index contributed by atoms with van der Waals surface area (Å²) in [5, 5.41) is 2.95. The fourth-order valence-electron chi connectivity index (χ4n) is 3.82. The Morgan fingerprint density at radius 1 is 1.20 bits per heavy atom. The van der Waals surface area contributed by atoms with Gasteiger partial charge in [-0.05, 0) is 36.5 Å². The SMILES string of the molecule is CC1(C)CC1CN1CC(=O)NC(C2CCCCC2)C1=O. The lowest BCUT2D eigenvalue weighted by Crippen LogP contribution is -2.61. The lowest BCUT2D eigenvalue weighted by molar-refractivity contribution is -0.146. The number of carbonyl (C=O) groups is 2. The minimum atomic E-state index is -0.251. The molecule has 3 rings (SSSR count). The van der Waals surface area contributed by atoms with Gasteiger partial charge in [-0.25, -0.2) is 0 Å². The lowest BCUT2D eigenvalue weighted by Gasteiger charge is -2.38. The average molecular weight is 278 g/mol. The topological polar surface area (TPSA) is 49.4 Å². The van der Waals surface area contributed by atoms with Gasteiger partial charge in [0.05, 0.1) is 6.54 Å². The van der Waals surface area contributed by atoms with Crippen molar-refractivity contribution in [2.75, 3.05) is 13.1 Å². The molecule has 4 heteroatoms. The zero-order valence-electron chi connectivity index (χ0n) is 12.7. The molecule has 2 aliphatic carbocycles. The van der Waals surface area contributed by atoms with E-state index in [9.17, 15) is 9.59 Å². The molecule has 0 bridgehead atoms. The summed E-state index contributed by atoms with van der Waals surface area (Å²) >= 11 is 0. The molecule has 0 aromatic rings. The van der Waals surface area contributed by atoms with E-state index in [2.05, 4.69) is 19.2 Å². The largest absolute Gasteiger partial charge is 0.342 e. The highest BCUT2D eigenvalue weighted by Crippen LogP contribution is 2.52. The molecule has 0 spiro atoms. The Balaban J connectivity index is 1.65. The number of hydrogen-bond acceptors (Lipinski definition) is 2. The van der Waals surface area contributed by atoms with Crippen molar-refractivity contribution in [2.45, 2.75) is 58.4 Å². The average Bonchev–Trinajstić information content (AvgIpc) is 3.01. The van der Waals surface area contributed by atoms with Crippen molar-refractivity contribution < 1.29 is 9.59 Å². The van der Waals surface area contributed by atoms with Crippen molar-refractivity contribution in [3.8, 4) is 0 Å². The molecular weight excluding hydrogens is 252 g/mol. The van der Waals surface area contributed by atoms with Gasteiger partial charge in [-0.2, -0.15) is 0 Å². The van der Waals surface area contributed by atoms with Gasteiger partial charge in [0.25, 0.3) is 0 Å². The second-order valence-corrected chi connectivity index (χ2v) is 7.55. The van der Waals surface area contributed by atoms with Gasteiger partial charge in [0.2, 0.25) is 11.8 Å². The van der Waals surface area contributed by atoms with E-state index in [4.69, 9.17) is 0 Å². The number of carbonyl (C=O) groups excluding carboxylic acids is 2. The van der Waals surface area contributed by atoms with Gasteiger partial charge in [0.1, 0.15) is 6.04 Å². The number of nitrogens with one attached hydrogen (secondary N) is 1. The Morgan fingerprint density at radius 3 is 2.45 bits per heavy atom. The molecule has 1 saturated heterocycles. The quantitative estimate of drug-likeness (QED) is 0.857. The van der Waals surface area contributed by atoms with Gasteiger partial charge in [-0.3, -0.25) is 9.59 Å². The summed E-state index contributed by atoms with van der Waals surface area (Å²) in [4.78, 5) is 26.4. The zero-order chi connectivity index (χ0) is 14.3. The molecule has 3 aliphatic rings. The molecule has 0 radical (unpaired) electrons. The van der Waals surface area contributed by atoms with Gasteiger partial charge in [0.15, 0.2) is 0 Å². The maximum Gasteiger partial charge on any atom is 0.245 e. The molecular formula is C16H26N2O2. The van der Waals surface area contributed by atoms with Gasteiger partial charge >= 0.3 is 0 Å². The molecule has 4 nitrogen and oxygen atoms in total. The highest BCUT2D eigenvalue weighted by Gasteiger charge is 2.48. The molecule has 1 heterocycles. The van der Waals surface area contributed by atoms with Crippen molar-refractivity contribution >= 4 is 11.8 Å². The van der Waals surface area contributed by atoms with E-state index in [1.807, 2.05) is 4.90 Å². The van der Waals surface area contributed by atoms with Crippen LogP contribution >= 0.6 is 0 Å². The van der Waals surface area contributed by atoms with E-state index >= 15 is 0 Å². The Bertz CT molecular complexity index is 413. The van der Waals surface area contributed by atoms with Crippen LogP contribution in [-0.4, -0.2) is 35.8 Å². The molecule has 2 saturated carbocycles. The summed E-state index contributed by atoms with van der Waals surface area (Å²) in [6.07, 6.45) is 7.00. The number of amides is 2. The summed E-state index contributed by atoms with van der Waals surface area (Å²) < 4.78 is 0. The van der Waals surface area contributed by atoms with Crippen LogP contribution in [0.5, 0.6) is 0 Å². The van der Waals surface area contributed by atoms with E-state index in [1.165, 1.54) is 25.7 Å². The molecule has 0 aromatic heterocycles. The van der Waals surface area contributed by atoms with Crippen LogP contribution in [0.2, 0.25) is 0 Å². The predicted molar refractivity (Wildman–Crippen MR) is 77.0 cm³/mol. The van der Waals surface area contributed by atoms with Crippen LogP contribution in [0.4, 0.5) is 0 Å². The molecule has 2 amide bonds. The van der Waals surface area contributed by atoms with Crippen LogP contribution < -0.4 is 5.32 Å². The van der Waals surface area contributed by atoms with E-state index in [1.54, 1.807) is 0 Å². The highest BCUT2D eigenvalue weighted by molar-refractivity contribution is 5.95. The van der Waals surface area contributed by atoms with Crippen LogP contribution in [0, 0.1) is 17.3 Å². The van der Waals surface area contributed by atoms with Crippen LogP contribution in [0.1, 0.15) is 52.4 Å². The first-order valence-corrected chi connectivity index (χ1v) is 8.05. The molecule has 0 aromatic carbocycles. The van der Waals surface area contributed by atoms with Crippen molar-refractivity contribution in [3.05, 3.63) is 0 Å². The van der Waals surface area contributed by atoms with Gasteiger partial charge in [-0.15, -0.1) is 0 Å². The minimum absolute atomic E-state index is 0.0265. The van der Waals surface area contributed by atoms with Crippen molar-refractivity contribution in [1.82, 2.24) is 10.2 Å². The Labute approximate surface area is 121 Å². The van der Waals surface area contributed by atoms with E-state index in [0.29, 0.717) is 17.3 Å². The third-order valence-electron chi connectivity index (χ3n) is 5.51. The second-order valence-electron chi connectivity index (χ2n) is 7.55. The molecule has 2 unspecified atom stereocenters. The van der Waals surface area contributed by atoms with Crippen LogP contribution in [-0.2, 0) is 9.59 Å².